The first kappa shape index (κ1) is 12.7. The molecule has 0 atom stereocenters. The zero-order valence-electron chi connectivity index (χ0n) is 11.5. The van der Waals surface area contributed by atoms with Crippen LogP contribution in [0.1, 0.15) is 28.0 Å². The van der Waals surface area contributed by atoms with Crippen molar-refractivity contribution >= 4 is 17.3 Å². The molecule has 1 aromatic heterocycles. The van der Waals surface area contributed by atoms with E-state index < -0.39 is 0 Å². The number of nitrogen functional groups attached to an aromatic ring is 1. The van der Waals surface area contributed by atoms with Gasteiger partial charge >= 0.3 is 0 Å². The number of hydrogen-bond acceptors (Lipinski definition) is 3. The maximum absolute atomic E-state index is 12.7. The minimum absolute atomic E-state index is 0.0466. The maximum atomic E-state index is 12.7. The van der Waals surface area contributed by atoms with Crippen molar-refractivity contribution in [3.63, 3.8) is 0 Å². The van der Waals surface area contributed by atoms with Gasteiger partial charge < -0.3 is 10.6 Å². The van der Waals surface area contributed by atoms with Crippen molar-refractivity contribution in [1.29, 1.82) is 0 Å². The Morgan fingerprint density at radius 2 is 2.20 bits per heavy atom. The summed E-state index contributed by atoms with van der Waals surface area (Å²) in [6.07, 6.45) is 3.61. The number of nitrogens with two attached hydrogens (primary N) is 1. The van der Waals surface area contributed by atoms with Crippen LogP contribution < -0.4 is 10.6 Å². The van der Waals surface area contributed by atoms with Crippen LogP contribution in [0.25, 0.3) is 0 Å². The van der Waals surface area contributed by atoms with E-state index in [1.807, 2.05) is 37.3 Å². The molecule has 2 aromatic rings. The van der Waals surface area contributed by atoms with Crippen molar-refractivity contribution in [2.75, 3.05) is 17.2 Å². The van der Waals surface area contributed by atoms with Crippen LogP contribution in [-0.4, -0.2) is 17.4 Å². The van der Waals surface area contributed by atoms with Crippen molar-refractivity contribution in [3.05, 3.63) is 53.3 Å². The van der Waals surface area contributed by atoms with Gasteiger partial charge in [0.05, 0.1) is 0 Å². The molecular weight excluding hydrogens is 250 g/mol. The number of carbonyl (C=O) groups excluding carboxylic acids is 1. The lowest BCUT2D eigenvalue weighted by molar-refractivity contribution is 0.0979. The Balaban J connectivity index is 2.03. The zero-order valence-corrected chi connectivity index (χ0v) is 11.5. The molecule has 0 saturated heterocycles. The Bertz CT molecular complexity index is 667. The summed E-state index contributed by atoms with van der Waals surface area (Å²) in [5.41, 5.74) is 10.1. The molecule has 2 N–H and O–H groups in total. The van der Waals surface area contributed by atoms with Crippen molar-refractivity contribution in [2.45, 2.75) is 19.8 Å². The first-order chi connectivity index (χ1) is 9.66. The molecule has 4 nitrogen and oxygen atoms in total. The van der Waals surface area contributed by atoms with Crippen LogP contribution >= 0.6 is 0 Å². The van der Waals surface area contributed by atoms with Crippen molar-refractivity contribution < 1.29 is 4.79 Å². The zero-order chi connectivity index (χ0) is 14.1. The lowest BCUT2D eigenvalue weighted by Crippen LogP contribution is -2.36. The Kier molecular flexibility index (Phi) is 3.14. The van der Waals surface area contributed by atoms with Crippen molar-refractivity contribution in [1.82, 2.24) is 4.98 Å². The fourth-order valence-corrected chi connectivity index (χ4v) is 2.64. The van der Waals surface area contributed by atoms with E-state index in [9.17, 15) is 4.79 Å². The second kappa shape index (κ2) is 4.96. The number of anilines is 2. The summed E-state index contributed by atoms with van der Waals surface area (Å²) >= 11 is 0. The third-order valence-electron chi connectivity index (χ3n) is 3.69. The van der Waals surface area contributed by atoms with E-state index in [0.29, 0.717) is 17.9 Å². The molecule has 1 amide bonds. The second-order valence-electron chi connectivity index (χ2n) is 5.12. The number of aromatic nitrogens is 1. The third kappa shape index (κ3) is 2.13. The van der Waals surface area contributed by atoms with Gasteiger partial charge in [-0.05, 0) is 49.1 Å². The van der Waals surface area contributed by atoms with Crippen molar-refractivity contribution in [2.24, 2.45) is 0 Å². The molecule has 0 unspecified atom stereocenters. The smallest absolute Gasteiger partial charge is 0.277 e. The van der Waals surface area contributed by atoms with Gasteiger partial charge in [0.1, 0.15) is 5.69 Å². The van der Waals surface area contributed by atoms with Gasteiger partial charge in [0.15, 0.2) is 0 Å². The van der Waals surface area contributed by atoms with E-state index in [-0.39, 0.29) is 5.91 Å². The standard InChI is InChI=1S/C16H17N3O/c1-11-4-2-8-18-15(11)16(20)19-9-3-5-12-6-7-13(17)10-14(12)19/h2,4,6-8,10H,3,5,9,17H2,1H3. The maximum Gasteiger partial charge on any atom is 0.277 e. The van der Waals surface area contributed by atoms with E-state index in [4.69, 9.17) is 5.73 Å². The van der Waals surface area contributed by atoms with Gasteiger partial charge in [0, 0.05) is 24.1 Å². The SMILES string of the molecule is Cc1cccnc1C(=O)N1CCCc2ccc(N)cc21. The molecule has 0 spiro atoms. The average molecular weight is 267 g/mol. The number of pyridine rings is 1. The summed E-state index contributed by atoms with van der Waals surface area (Å²) in [4.78, 5) is 18.7. The Hall–Kier alpha value is -2.36. The van der Waals surface area contributed by atoms with Crippen LogP contribution in [0.15, 0.2) is 36.5 Å². The number of benzene rings is 1. The second-order valence-corrected chi connectivity index (χ2v) is 5.12. The van der Waals surface area contributed by atoms with Gasteiger partial charge in [0.25, 0.3) is 5.91 Å². The Labute approximate surface area is 118 Å². The molecule has 20 heavy (non-hydrogen) atoms. The minimum atomic E-state index is -0.0466. The van der Waals surface area contributed by atoms with Crippen LogP contribution in [0.2, 0.25) is 0 Å². The number of carbonyl (C=O) groups is 1. The Morgan fingerprint density at radius 3 is 3.00 bits per heavy atom. The largest absolute Gasteiger partial charge is 0.399 e. The average Bonchev–Trinajstić information content (AvgIpc) is 2.46. The lowest BCUT2D eigenvalue weighted by atomic mass is 10.0. The monoisotopic (exact) mass is 267 g/mol. The minimum Gasteiger partial charge on any atom is -0.399 e. The predicted octanol–water partition coefficient (Wildman–Crippen LogP) is 2.57. The molecule has 1 aliphatic heterocycles. The number of rotatable bonds is 1. The number of hydrogen-bond donors (Lipinski definition) is 1. The highest BCUT2D eigenvalue weighted by molar-refractivity contribution is 6.06. The number of amides is 1. The molecular formula is C16H17N3O. The molecule has 0 fully saturated rings. The number of nitrogens with zero attached hydrogens (tertiary/aromatic N) is 2. The predicted molar refractivity (Wildman–Crippen MR) is 79.8 cm³/mol. The first-order valence-electron chi connectivity index (χ1n) is 6.78. The summed E-state index contributed by atoms with van der Waals surface area (Å²) in [5, 5.41) is 0. The van der Waals surface area contributed by atoms with Gasteiger partial charge in [-0.1, -0.05) is 12.1 Å². The van der Waals surface area contributed by atoms with E-state index in [1.54, 1.807) is 11.1 Å². The molecule has 1 aromatic carbocycles. The highest BCUT2D eigenvalue weighted by atomic mass is 16.2. The van der Waals surface area contributed by atoms with E-state index >= 15 is 0 Å². The van der Waals surface area contributed by atoms with Crippen molar-refractivity contribution in [3.8, 4) is 0 Å². The van der Waals surface area contributed by atoms with Gasteiger partial charge in [-0.15, -0.1) is 0 Å². The highest BCUT2D eigenvalue weighted by Gasteiger charge is 2.25. The van der Waals surface area contributed by atoms with E-state index in [2.05, 4.69) is 4.98 Å². The molecule has 4 heteroatoms. The summed E-state index contributed by atoms with van der Waals surface area (Å²) in [6.45, 7) is 2.62. The van der Waals surface area contributed by atoms with E-state index in [1.165, 1.54) is 5.56 Å². The van der Waals surface area contributed by atoms with Gasteiger partial charge in [-0.2, -0.15) is 0 Å². The first-order valence-corrected chi connectivity index (χ1v) is 6.78. The topological polar surface area (TPSA) is 59.2 Å². The van der Waals surface area contributed by atoms with Gasteiger partial charge in [-0.25, -0.2) is 0 Å². The van der Waals surface area contributed by atoms with Crippen LogP contribution in [0.3, 0.4) is 0 Å². The van der Waals surface area contributed by atoms with Crippen LogP contribution in [0.4, 0.5) is 11.4 Å². The summed E-state index contributed by atoms with van der Waals surface area (Å²) in [6, 6.07) is 9.53. The quantitative estimate of drug-likeness (QED) is 0.808. The molecule has 102 valence electrons. The molecule has 0 bridgehead atoms. The molecule has 1 aliphatic rings. The van der Waals surface area contributed by atoms with Crippen LogP contribution in [0, 0.1) is 6.92 Å². The summed E-state index contributed by atoms with van der Waals surface area (Å²) in [7, 11) is 0. The molecule has 0 aliphatic carbocycles. The van der Waals surface area contributed by atoms with Crippen LogP contribution in [0.5, 0.6) is 0 Å². The fourth-order valence-electron chi connectivity index (χ4n) is 2.64. The highest BCUT2D eigenvalue weighted by Crippen LogP contribution is 2.30. The van der Waals surface area contributed by atoms with Gasteiger partial charge in [0.2, 0.25) is 0 Å². The lowest BCUT2D eigenvalue weighted by Gasteiger charge is -2.29. The number of aryl methyl sites for hydroxylation is 2. The molecule has 2 heterocycles. The fraction of sp³-hybridized carbons (Fsp3) is 0.250. The van der Waals surface area contributed by atoms with E-state index in [0.717, 1.165) is 24.1 Å². The summed E-state index contributed by atoms with van der Waals surface area (Å²) in [5.74, 6) is -0.0466. The molecule has 3 rings (SSSR count). The normalized spacial score (nSPS) is 13.9. The Morgan fingerprint density at radius 1 is 1.35 bits per heavy atom. The number of fused-ring (bicyclic) bond motifs is 1. The van der Waals surface area contributed by atoms with Crippen LogP contribution in [-0.2, 0) is 6.42 Å². The van der Waals surface area contributed by atoms with Gasteiger partial charge in [-0.3, -0.25) is 9.78 Å². The molecule has 0 saturated carbocycles. The summed E-state index contributed by atoms with van der Waals surface area (Å²) < 4.78 is 0. The molecule has 0 radical (unpaired) electrons. The third-order valence-corrected chi connectivity index (χ3v) is 3.69.